The molecule has 0 radical (unpaired) electrons. The van der Waals surface area contributed by atoms with E-state index in [1.807, 2.05) is 0 Å². The molecule has 2 amide bonds. The van der Waals surface area contributed by atoms with Crippen molar-refractivity contribution in [3.05, 3.63) is 69.1 Å². The highest BCUT2D eigenvalue weighted by Gasteiger charge is 2.36. The predicted molar refractivity (Wildman–Crippen MR) is 138 cm³/mol. The smallest absolute Gasteiger partial charge is 0.280 e. The van der Waals surface area contributed by atoms with Gasteiger partial charge in [0.05, 0.1) is 7.11 Å². The van der Waals surface area contributed by atoms with Gasteiger partial charge in [0, 0.05) is 11.7 Å². The number of aromatic nitrogens is 1. The number of amides is 2. The van der Waals surface area contributed by atoms with E-state index >= 15 is 0 Å². The normalized spacial score (nSPS) is 14.8. The van der Waals surface area contributed by atoms with Gasteiger partial charge in [-0.2, -0.15) is 4.37 Å². The molecule has 7 nitrogen and oxygen atoms in total. The number of halogens is 2. The fourth-order valence-corrected chi connectivity index (χ4v) is 5.22. The molecular weight excluding hydrogens is 509 g/mol. The fraction of sp³-hybridized carbons (Fsp3) is 0.320. The van der Waals surface area contributed by atoms with E-state index in [2.05, 4.69) is 9.69 Å². The molecule has 2 aromatic carbocycles. The summed E-state index contributed by atoms with van der Waals surface area (Å²) in [5, 5.41) is 13.0. The summed E-state index contributed by atoms with van der Waals surface area (Å²) in [7, 11) is 1.55. The lowest BCUT2D eigenvalue weighted by Crippen LogP contribution is -2.47. The van der Waals surface area contributed by atoms with Crippen molar-refractivity contribution in [2.24, 2.45) is 0 Å². The van der Waals surface area contributed by atoms with Gasteiger partial charge in [-0.1, -0.05) is 54.6 Å². The van der Waals surface area contributed by atoms with E-state index in [1.54, 1.807) is 43.5 Å². The van der Waals surface area contributed by atoms with E-state index in [0.717, 1.165) is 43.6 Å². The molecule has 1 saturated carbocycles. The first-order chi connectivity index (χ1) is 16.9. The Morgan fingerprint density at radius 2 is 1.74 bits per heavy atom. The van der Waals surface area contributed by atoms with Crippen molar-refractivity contribution >= 4 is 52.2 Å². The Labute approximate surface area is 217 Å². The van der Waals surface area contributed by atoms with Crippen molar-refractivity contribution in [1.29, 1.82) is 0 Å². The van der Waals surface area contributed by atoms with Crippen molar-refractivity contribution in [3.8, 4) is 11.5 Å². The largest absolute Gasteiger partial charge is 0.508 e. The van der Waals surface area contributed by atoms with Crippen molar-refractivity contribution in [2.45, 2.75) is 44.2 Å². The highest BCUT2D eigenvalue weighted by molar-refractivity contribution is 7.11. The zero-order valence-corrected chi connectivity index (χ0v) is 21.4. The summed E-state index contributed by atoms with van der Waals surface area (Å²) in [5.41, 5.74) is 0.942. The van der Waals surface area contributed by atoms with Crippen LogP contribution in [0.3, 0.4) is 0 Å². The zero-order valence-electron chi connectivity index (χ0n) is 19.0. The van der Waals surface area contributed by atoms with Gasteiger partial charge in [-0.25, -0.2) is 0 Å². The number of phenols is 1. The van der Waals surface area contributed by atoms with Crippen LogP contribution >= 0.6 is 34.7 Å². The van der Waals surface area contributed by atoms with Crippen molar-refractivity contribution in [2.75, 3.05) is 12.0 Å². The standard InChI is InChI=1S/C25H25Cl2N3O4S/c1-34-19-13-9-17(10-14-19)30(25(33)21-20(26)23(27)35-29-21)22(15-7-11-18(31)12-8-15)24(32)28-16-5-3-2-4-6-16/h7-14,16,22,31H,2-6H2,1H3,(H,28,32)/t22-/m0/s1. The molecule has 2 N–H and O–H groups in total. The van der Waals surface area contributed by atoms with Gasteiger partial charge in [0.15, 0.2) is 5.69 Å². The minimum absolute atomic E-state index is 0.0287. The number of benzene rings is 2. The second-order valence-electron chi connectivity index (χ2n) is 8.33. The average molecular weight is 534 g/mol. The van der Waals surface area contributed by atoms with Gasteiger partial charge in [0.25, 0.3) is 5.91 Å². The lowest BCUT2D eigenvalue weighted by molar-refractivity contribution is -0.123. The number of phenolic OH excluding ortho intramolecular Hbond substituents is 1. The Kier molecular flexibility index (Phi) is 8.15. The molecule has 1 aromatic heterocycles. The quantitative estimate of drug-likeness (QED) is 0.388. The van der Waals surface area contributed by atoms with Crippen LogP contribution in [0.1, 0.15) is 54.2 Å². The predicted octanol–water partition coefficient (Wildman–Crippen LogP) is 6.00. The Hall–Kier alpha value is -2.81. The molecule has 10 heteroatoms. The first kappa shape index (κ1) is 25.3. The van der Waals surface area contributed by atoms with Crippen LogP contribution in [0.25, 0.3) is 0 Å². The summed E-state index contributed by atoms with van der Waals surface area (Å²) < 4.78 is 9.61. The molecule has 0 spiro atoms. The minimum Gasteiger partial charge on any atom is -0.508 e. The number of ether oxygens (including phenoxy) is 1. The van der Waals surface area contributed by atoms with Gasteiger partial charge in [0.2, 0.25) is 5.91 Å². The monoisotopic (exact) mass is 533 g/mol. The van der Waals surface area contributed by atoms with Crippen LogP contribution in [-0.4, -0.2) is 34.4 Å². The van der Waals surface area contributed by atoms with Gasteiger partial charge in [0.1, 0.15) is 26.9 Å². The van der Waals surface area contributed by atoms with Crippen molar-refractivity contribution < 1.29 is 19.4 Å². The molecule has 0 saturated heterocycles. The molecule has 35 heavy (non-hydrogen) atoms. The second kappa shape index (κ2) is 11.3. The molecule has 1 heterocycles. The lowest BCUT2D eigenvalue weighted by Gasteiger charge is -2.33. The summed E-state index contributed by atoms with van der Waals surface area (Å²) in [6.45, 7) is 0. The summed E-state index contributed by atoms with van der Waals surface area (Å²) in [6, 6.07) is 12.0. The maximum atomic E-state index is 13.9. The van der Waals surface area contributed by atoms with Crippen LogP contribution in [0.5, 0.6) is 11.5 Å². The maximum absolute atomic E-state index is 13.9. The molecule has 4 rings (SSSR count). The van der Waals surface area contributed by atoms with Crippen molar-refractivity contribution in [1.82, 2.24) is 9.69 Å². The van der Waals surface area contributed by atoms with E-state index in [-0.39, 0.29) is 32.8 Å². The summed E-state index contributed by atoms with van der Waals surface area (Å²) in [4.78, 5) is 29.0. The average Bonchev–Trinajstić information content (AvgIpc) is 3.21. The Balaban J connectivity index is 1.81. The molecule has 0 aliphatic heterocycles. The Bertz CT molecular complexity index is 1180. The Morgan fingerprint density at radius 1 is 1.09 bits per heavy atom. The third-order valence-corrected chi connectivity index (χ3v) is 7.65. The third-order valence-electron chi connectivity index (χ3n) is 6.04. The molecule has 0 bridgehead atoms. The van der Waals surface area contributed by atoms with Crippen LogP contribution in [0.2, 0.25) is 9.36 Å². The van der Waals surface area contributed by atoms with Crippen molar-refractivity contribution in [3.63, 3.8) is 0 Å². The number of anilines is 1. The molecule has 1 aliphatic rings. The van der Waals surface area contributed by atoms with Gasteiger partial charge in [-0.05, 0) is 66.3 Å². The van der Waals surface area contributed by atoms with Gasteiger partial charge in [-0.15, -0.1) is 0 Å². The molecule has 0 unspecified atom stereocenters. The molecule has 1 fully saturated rings. The molecule has 184 valence electrons. The Morgan fingerprint density at radius 3 is 2.31 bits per heavy atom. The molecule has 1 atom stereocenters. The number of nitrogens with one attached hydrogen (secondary N) is 1. The summed E-state index contributed by atoms with van der Waals surface area (Å²) in [6.07, 6.45) is 5.01. The topological polar surface area (TPSA) is 91.8 Å². The fourth-order valence-electron chi connectivity index (χ4n) is 4.23. The van der Waals surface area contributed by atoms with Gasteiger partial charge in [-0.3, -0.25) is 14.5 Å². The van der Waals surface area contributed by atoms with Crippen LogP contribution < -0.4 is 15.0 Å². The number of methoxy groups -OCH3 is 1. The van der Waals surface area contributed by atoms with Crippen LogP contribution in [0, 0.1) is 0 Å². The van der Waals surface area contributed by atoms with E-state index < -0.39 is 11.9 Å². The minimum atomic E-state index is -1.05. The van der Waals surface area contributed by atoms with E-state index in [1.165, 1.54) is 17.0 Å². The van der Waals surface area contributed by atoms with Gasteiger partial charge < -0.3 is 15.2 Å². The third kappa shape index (κ3) is 5.72. The second-order valence-corrected chi connectivity index (χ2v) is 10.1. The molecule has 3 aromatic rings. The summed E-state index contributed by atoms with van der Waals surface area (Å²) in [5.74, 6) is -0.245. The first-order valence-corrected chi connectivity index (χ1v) is 12.8. The number of nitrogens with zero attached hydrogens (tertiary/aromatic N) is 2. The molecule has 1 aliphatic carbocycles. The number of hydrogen-bond donors (Lipinski definition) is 2. The number of rotatable bonds is 7. The number of carbonyl (C=O) groups excluding carboxylic acids is 2. The van der Waals surface area contributed by atoms with Gasteiger partial charge >= 0.3 is 0 Å². The SMILES string of the molecule is COc1ccc(N(C(=O)c2nsc(Cl)c2Cl)[C@H](C(=O)NC2CCCCC2)c2ccc(O)cc2)cc1. The lowest BCUT2D eigenvalue weighted by atomic mass is 9.94. The summed E-state index contributed by atoms with van der Waals surface area (Å²) >= 11 is 13.3. The van der Waals surface area contributed by atoms with Crippen LogP contribution in [-0.2, 0) is 4.79 Å². The number of aromatic hydroxyl groups is 1. The van der Waals surface area contributed by atoms with Crippen LogP contribution in [0.4, 0.5) is 5.69 Å². The molecular formula is C25H25Cl2N3O4S. The maximum Gasteiger partial charge on any atom is 0.280 e. The number of hydrogen-bond acceptors (Lipinski definition) is 6. The highest BCUT2D eigenvalue weighted by atomic mass is 35.5. The van der Waals surface area contributed by atoms with E-state index in [9.17, 15) is 14.7 Å². The van der Waals surface area contributed by atoms with E-state index in [0.29, 0.717) is 17.0 Å². The van der Waals surface area contributed by atoms with E-state index in [4.69, 9.17) is 27.9 Å². The number of carbonyl (C=O) groups is 2. The zero-order chi connectivity index (χ0) is 24.9. The highest BCUT2D eigenvalue weighted by Crippen LogP contribution is 2.36. The van der Waals surface area contributed by atoms with Crippen LogP contribution in [0.15, 0.2) is 48.5 Å². The first-order valence-electron chi connectivity index (χ1n) is 11.3.